The molecule has 2 rings (SSSR count). The molecule has 0 aromatic heterocycles. The van der Waals surface area contributed by atoms with Crippen molar-refractivity contribution < 1.29 is 18.6 Å². The molecule has 5 heteroatoms. The Bertz CT molecular complexity index is 465. The monoisotopic (exact) mass is 285 g/mol. The third kappa shape index (κ3) is 3.75. The molecule has 1 aliphatic rings. The standard InChI is InChI=1S/C15H21F2NO2/c1-10(2)20-9-11(19)7-18-6-5-12-13(8-18)15(17)4-3-14(12)16/h3-4,10-11,19H,5-9H2,1-2H3. The molecule has 0 spiro atoms. The minimum Gasteiger partial charge on any atom is -0.389 e. The third-order valence-electron chi connectivity index (χ3n) is 3.47. The van der Waals surface area contributed by atoms with E-state index in [0.717, 1.165) is 6.07 Å². The molecule has 1 aromatic rings. The Morgan fingerprint density at radius 3 is 2.55 bits per heavy atom. The molecule has 3 nitrogen and oxygen atoms in total. The zero-order chi connectivity index (χ0) is 14.7. The second kappa shape index (κ2) is 6.61. The predicted molar refractivity (Wildman–Crippen MR) is 72.4 cm³/mol. The fourth-order valence-corrected chi connectivity index (χ4v) is 2.46. The van der Waals surface area contributed by atoms with Crippen LogP contribution >= 0.6 is 0 Å². The molecule has 0 bridgehead atoms. The van der Waals surface area contributed by atoms with Crippen LogP contribution in [0.5, 0.6) is 0 Å². The van der Waals surface area contributed by atoms with Crippen molar-refractivity contribution in [2.24, 2.45) is 0 Å². The van der Waals surface area contributed by atoms with Crippen LogP contribution in [0.2, 0.25) is 0 Å². The van der Waals surface area contributed by atoms with E-state index in [2.05, 4.69) is 0 Å². The Balaban J connectivity index is 1.96. The normalized spacial score (nSPS) is 17.3. The number of aliphatic hydroxyl groups excluding tert-OH is 1. The van der Waals surface area contributed by atoms with Gasteiger partial charge in [-0.05, 0) is 38.0 Å². The maximum absolute atomic E-state index is 13.7. The van der Waals surface area contributed by atoms with E-state index < -0.39 is 6.10 Å². The van der Waals surface area contributed by atoms with Gasteiger partial charge in [-0.2, -0.15) is 0 Å². The lowest BCUT2D eigenvalue weighted by molar-refractivity contribution is -0.0103. The van der Waals surface area contributed by atoms with Crippen molar-refractivity contribution in [3.63, 3.8) is 0 Å². The van der Waals surface area contributed by atoms with E-state index in [1.165, 1.54) is 6.07 Å². The van der Waals surface area contributed by atoms with Gasteiger partial charge in [-0.25, -0.2) is 8.78 Å². The number of nitrogens with zero attached hydrogens (tertiary/aromatic N) is 1. The van der Waals surface area contributed by atoms with Crippen LogP contribution in [0.25, 0.3) is 0 Å². The van der Waals surface area contributed by atoms with E-state index in [1.54, 1.807) is 0 Å². The van der Waals surface area contributed by atoms with E-state index in [-0.39, 0.29) is 24.3 Å². The second-order valence-electron chi connectivity index (χ2n) is 5.51. The molecule has 0 saturated carbocycles. The highest BCUT2D eigenvalue weighted by molar-refractivity contribution is 5.32. The van der Waals surface area contributed by atoms with Crippen molar-refractivity contribution in [1.82, 2.24) is 4.90 Å². The maximum Gasteiger partial charge on any atom is 0.128 e. The van der Waals surface area contributed by atoms with Crippen molar-refractivity contribution in [1.29, 1.82) is 0 Å². The summed E-state index contributed by atoms with van der Waals surface area (Å²) in [7, 11) is 0. The van der Waals surface area contributed by atoms with Gasteiger partial charge in [-0.15, -0.1) is 0 Å². The highest BCUT2D eigenvalue weighted by atomic mass is 19.1. The summed E-state index contributed by atoms with van der Waals surface area (Å²) in [6.07, 6.45) is -0.0784. The molecule has 1 heterocycles. The van der Waals surface area contributed by atoms with E-state index in [0.29, 0.717) is 37.2 Å². The smallest absolute Gasteiger partial charge is 0.128 e. The van der Waals surface area contributed by atoms with Crippen LogP contribution < -0.4 is 0 Å². The lowest BCUT2D eigenvalue weighted by Gasteiger charge is -2.30. The highest BCUT2D eigenvalue weighted by Gasteiger charge is 2.23. The molecule has 0 fully saturated rings. The zero-order valence-electron chi connectivity index (χ0n) is 11.9. The van der Waals surface area contributed by atoms with E-state index in [4.69, 9.17) is 4.74 Å². The number of aliphatic hydroxyl groups is 1. The Morgan fingerprint density at radius 2 is 1.90 bits per heavy atom. The van der Waals surface area contributed by atoms with Gasteiger partial charge in [0, 0.05) is 25.2 Å². The fourth-order valence-electron chi connectivity index (χ4n) is 2.46. The van der Waals surface area contributed by atoms with Gasteiger partial charge in [0.15, 0.2) is 0 Å². The zero-order valence-corrected chi connectivity index (χ0v) is 11.9. The summed E-state index contributed by atoms with van der Waals surface area (Å²) in [5, 5.41) is 9.89. The number of rotatable bonds is 5. The quantitative estimate of drug-likeness (QED) is 0.899. The number of halogens is 2. The van der Waals surface area contributed by atoms with Crippen LogP contribution in [0.4, 0.5) is 8.78 Å². The van der Waals surface area contributed by atoms with Gasteiger partial charge in [0.25, 0.3) is 0 Å². The molecule has 0 radical (unpaired) electrons. The molecule has 1 aliphatic heterocycles. The molecule has 1 unspecified atom stereocenters. The van der Waals surface area contributed by atoms with E-state index in [1.807, 2.05) is 18.7 Å². The summed E-state index contributed by atoms with van der Waals surface area (Å²) < 4.78 is 32.7. The van der Waals surface area contributed by atoms with Gasteiger partial charge in [-0.1, -0.05) is 0 Å². The lowest BCUT2D eigenvalue weighted by Crippen LogP contribution is -2.39. The average molecular weight is 285 g/mol. The molecule has 0 aliphatic carbocycles. The second-order valence-corrected chi connectivity index (χ2v) is 5.51. The summed E-state index contributed by atoms with van der Waals surface area (Å²) >= 11 is 0. The average Bonchev–Trinajstić information content (AvgIpc) is 2.41. The van der Waals surface area contributed by atoms with Crippen LogP contribution in [-0.4, -0.2) is 41.9 Å². The molecule has 0 saturated heterocycles. The molecule has 1 atom stereocenters. The Labute approximate surface area is 118 Å². The van der Waals surface area contributed by atoms with E-state index in [9.17, 15) is 13.9 Å². The van der Waals surface area contributed by atoms with Crippen molar-refractivity contribution in [2.75, 3.05) is 19.7 Å². The van der Waals surface area contributed by atoms with Gasteiger partial charge in [0.2, 0.25) is 0 Å². The van der Waals surface area contributed by atoms with E-state index >= 15 is 0 Å². The van der Waals surface area contributed by atoms with Crippen LogP contribution in [0.15, 0.2) is 12.1 Å². The first-order valence-electron chi connectivity index (χ1n) is 6.95. The van der Waals surface area contributed by atoms with Crippen molar-refractivity contribution in [2.45, 2.75) is 39.0 Å². The summed E-state index contributed by atoms with van der Waals surface area (Å²) in [5.74, 6) is -0.719. The number of hydrogen-bond acceptors (Lipinski definition) is 3. The van der Waals surface area contributed by atoms with Crippen molar-refractivity contribution >= 4 is 0 Å². The predicted octanol–water partition coefficient (Wildman–Crippen LogP) is 2.11. The third-order valence-corrected chi connectivity index (χ3v) is 3.47. The topological polar surface area (TPSA) is 32.7 Å². The molecule has 1 N–H and O–H groups in total. The molecule has 0 amide bonds. The van der Waals surface area contributed by atoms with Crippen LogP contribution in [0.1, 0.15) is 25.0 Å². The van der Waals surface area contributed by atoms with Crippen LogP contribution in [-0.2, 0) is 17.7 Å². The Kier molecular flexibility index (Phi) is 5.07. The SMILES string of the molecule is CC(C)OCC(O)CN1CCc2c(F)ccc(F)c2C1. The van der Waals surface area contributed by atoms with Crippen molar-refractivity contribution in [3.8, 4) is 0 Å². The molecule has 20 heavy (non-hydrogen) atoms. The molecular weight excluding hydrogens is 264 g/mol. The summed E-state index contributed by atoms with van der Waals surface area (Å²) in [5.41, 5.74) is 0.877. The first-order valence-corrected chi connectivity index (χ1v) is 6.95. The van der Waals surface area contributed by atoms with Gasteiger partial charge in [0.1, 0.15) is 11.6 Å². The van der Waals surface area contributed by atoms with Crippen LogP contribution in [0.3, 0.4) is 0 Å². The lowest BCUT2D eigenvalue weighted by atomic mass is 9.98. The summed E-state index contributed by atoms with van der Waals surface area (Å²) in [4.78, 5) is 1.93. The highest BCUT2D eigenvalue weighted by Crippen LogP contribution is 2.24. The summed E-state index contributed by atoms with van der Waals surface area (Å²) in [6, 6.07) is 2.34. The van der Waals surface area contributed by atoms with Gasteiger partial charge in [0.05, 0.1) is 18.8 Å². The molecular formula is C15H21F2NO2. The van der Waals surface area contributed by atoms with Crippen LogP contribution in [0, 0.1) is 11.6 Å². The first-order chi connectivity index (χ1) is 9.47. The Morgan fingerprint density at radius 1 is 1.25 bits per heavy atom. The minimum atomic E-state index is -0.615. The number of β-amino-alcohol motifs (C(OH)–C–C–N with tert-alkyl or cyclic N) is 1. The first kappa shape index (κ1) is 15.4. The number of ether oxygens (including phenoxy) is 1. The molecule has 112 valence electrons. The maximum atomic E-state index is 13.7. The minimum absolute atomic E-state index is 0.0678. The Hall–Kier alpha value is -1.04. The summed E-state index contributed by atoms with van der Waals surface area (Å²) in [6.45, 7) is 5.42. The largest absolute Gasteiger partial charge is 0.389 e. The molecule has 1 aromatic carbocycles. The van der Waals surface area contributed by atoms with Gasteiger partial charge in [-0.3, -0.25) is 4.90 Å². The fraction of sp³-hybridized carbons (Fsp3) is 0.600. The van der Waals surface area contributed by atoms with Crippen molar-refractivity contribution in [3.05, 3.63) is 34.9 Å². The van der Waals surface area contributed by atoms with Gasteiger partial charge >= 0.3 is 0 Å². The van der Waals surface area contributed by atoms with Gasteiger partial charge < -0.3 is 9.84 Å². The number of fused-ring (bicyclic) bond motifs is 1. The number of hydrogen-bond donors (Lipinski definition) is 1. The number of benzene rings is 1.